The number of benzene rings is 1. The van der Waals surface area contributed by atoms with Crippen molar-refractivity contribution in [1.82, 2.24) is 0 Å². The molecule has 1 aromatic rings. The Balaban J connectivity index is 1.74. The number of nitrogens with one attached hydrogen (secondary N) is 1. The molecule has 0 bridgehead atoms. The lowest BCUT2D eigenvalue weighted by molar-refractivity contribution is -0.205. The fourth-order valence-corrected chi connectivity index (χ4v) is 5.07. The Bertz CT molecular complexity index is 1190. The molecule has 2 aliphatic heterocycles. The zero-order chi connectivity index (χ0) is 28.3. The van der Waals surface area contributed by atoms with Crippen LogP contribution in [0.5, 0.6) is 0 Å². The Morgan fingerprint density at radius 3 is 2.58 bits per heavy atom. The van der Waals surface area contributed by atoms with Gasteiger partial charge in [-0.2, -0.15) is 8.42 Å². The lowest BCUT2D eigenvalue weighted by atomic mass is 9.92. The molecule has 17 heteroatoms. The van der Waals surface area contributed by atoms with Gasteiger partial charge in [-0.25, -0.2) is 4.28 Å². The van der Waals surface area contributed by atoms with E-state index in [-0.39, 0.29) is 10.6 Å². The van der Waals surface area contributed by atoms with Crippen molar-refractivity contribution in [3.8, 4) is 0 Å². The lowest BCUT2D eigenvalue weighted by Gasteiger charge is -2.39. The van der Waals surface area contributed by atoms with E-state index in [0.717, 1.165) is 6.08 Å². The summed E-state index contributed by atoms with van der Waals surface area (Å²) in [5.74, 6) is -1.88. The Kier molecular flexibility index (Phi) is 9.50. The monoisotopic (exact) mass is 578 g/mol. The van der Waals surface area contributed by atoms with Crippen molar-refractivity contribution in [3.63, 3.8) is 0 Å². The van der Waals surface area contributed by atoms with E-state index in [9.17, 15) is 43.5 Å². The van der Waals surface area contributed by atoms with Crippen LogP contribution in [0.2, 0.25) is 0 Å². The van der Waals surface area contributed by atoms with E-state index in [1.54, 1.807) is 12.1 Å². The topological polar surface area (TPSA) is 242 Å². The highest BCUT2D eigenvalue weighted by molar-refractivity contribution is 8.14. The molecule has 2 heterocycles. The number of hydrogen-bond acceptors (Lipinski definition) is 14. The molecule has 210 valence electrons. The molecule has 2 aliphatic rings. The van der Waals surface area contributed by atoms with Gasteiger partial charge < -0.3 is 40.3 Å². The van der Waals surface area contributed by atoms with Crippen LogP contribution < -0.4 is 5.32 Å². The van der Waals surface area contributed by atoms with E-state index >= 15 is 0 Å². The molecule has 0 unspecified atom stereocenters. The first-order chi connectivity index (χ1) is 17.8. The van der Waals surface area contributed by atoms with Crippen LogP contribution in [0.25, 0.3) is 0 Å². The number of esters is 1. The summed E-state index contributed by atoms with van der Waals surface area (Å²) in [5.41, 5.74) is -3.15. The molecular weight excluding hydrogens is 552 g/mol. The summed E-state index contributed by atoms with van der Waals surface area (Å²) in [6.07, 6.45) is -7.84. The smallest absolute Gasteiger partial charge is 0.458 e. The van der Waals surface area contributed by atoms with Crippen molar-refractivity contribution in [2.75, 3.05) is 11.9 Å². The molecule has 1 amide bonds. The average molecular weight is 579 g/mol. The Morgan fingerprint density at radius 1 is 1.26 bits per heavy atom. The SMILES string of the molecule is C=C[C@@H](C/C(=N/OS(=O)(=O)O)S[C@H]1O[C@@H](CO)[C@H](O)[C@@H](O)[C@@H]1O)OC(=O)C[C@@]1(O)C(=O)Nc2ccccc21. The van der Waals surface area contributed by atoms with Crippen LogP contribution in [0, 0.1) is 0 Å². The first-order valence-electron chi connectivity index (χ1n) is 10.9. The van der Waals surface area contributed by atoms with Gasteiger partial charge in [-0.15, -0.1) is 0 Å². The number of carbonyl (C=O) groups is 2. The molecule has 0 aromatic heterocycles. The third kappa shape index (κ3) is 6.87. The average Bonchev–Trinajstić information content (AvgIpc) is 3.10. The number of fused-ring (bicyclic) bond motifs is 1. The van der Waals surface area contributed by atoms with Crippen molar-refractivity contribution in [2.24, 2.45) is 5.16 Å². The molecule has 1 fully saturated rings. The summed E-state index contributed by atoms with van der Waals surface area (Å²) in [5, 5.41) is 55.8. The second-order valence-corrected chi connectivity index (χ2v) is 10.5. The molecule has 1 aromatic carbocycles. The van der Waals surface area contributed by atoms with Crippen LogP contribution in [0.1, 0.15) is 18.4 Å². The summed E-state index contributed by atoms with van der Waals surface area (Å²) >= 11 is 0.476. The van der Waals surface area contributed by atoms with Gasteiger partial charge >= 0.3 is 16.4 Å². The van der Waals surface area contributed by atoms with Gasteiger partial charge in [0.15, 0.2) is 5.60 Å². The maximum atomic E-state index is 12.7. The highest BCUT2D eigenvalue weighted by Gasteiger charge is 2.48. The third-order valence-electron chi connectivity index (χ3n) is 5.65. The van der Waals surface area contributed by atoms with E-state index in [1.807, 2.05) is 0 Å². The highest BCUT2D eigenvalue weighted by Crippen LogP contribution is 2.38. The Morgan fingerprint density at radius 2 is 1.95 bits per heavy atom. The standard InChI is InChI=1S/C21H26N2O13S2/c1-2-10(34-15(25)8-21(30)11-5-3-4-6-12(11)22-20(21)29)7-14(23-36-38(31,32)33)37-19-18(28)17(27)16(26)13(9-24)35-19/h2-6,10,13,16-19,24,26-28,30H,1,7-9H2,(H,22,29)(H,31,32,33)/b23-14-/t10-,13-,16-,17+,18-,19+,21-/m0/s1. The number of para-hydroxylation sites is 1. The van der Waals surface area contributed by atoms with Crippen molar-refractivity contribution < 1.29 is 61.8 Å². The van der Waals surface area contributed by atoms with Crippen LogP contribution >= 0.6 is 11.8 Å². The van der Waals surface area contributed by atoms with Gasteiger partial charge in [0, 0.05) is 17.7 Å². The number of aliphatic hydroxyl groups is 5. The Hall–Kier alpha value is -2.61. The summed E-state index contributed by atoms with van der Waals surface area (Å²) in [6, 6.07) is 6.19. The van der Waals surface area contributed by atoms with Gasteiger partial charge in [0.05, 0.1) is 13.0 Å². The molecule has 0 aliphatic carbocycles. The number of rotatable bonds is 10. The molecule has 38 heavy (non-hydrogen) atoms. The number of carbonyl (C=O) groups excluding carboxylic acids is 2. The predicted molar refractivity (Wildman–Crippen MR) is 130 cm³/mol. The number of aliphatic hydroxyl groups excluding tert-OH is 4. The molecule has 3 rings (SSSR count). The van der Waals surface area contributed by atoms with Crippen LogP contribution in [0.15, 0.2) is 42.1 Å². The van der Waals surface area contributed by atoms with Crippen LogP contribution in [-0.2, 0) is 39.3 Å². The largest absolute Gasteiger partial charge is 0.466 e. The third-order valence-corrected chi connectivity index (χ3v) is 7.05. The van der Waals surface area contributed by atoms with E-state index in [1.165, 1.54) is 12.1 Å². The molecule has 15 nitrogen and oxygen atoms in total. The summed E-state index contributed by atoms with van der Waals surface area (Å²) in [4.78, 5) is 25.0. The number of oxime groups is 1. The zero-order valence-electron chi connectivity index (χ0n) is 19.5. The summed E-state index contributed by atoms with van der Waals surface area (Å²) in [7, 11) is -5.08. The first kappa shape index (κ1) is 29.9. The molecule has 0 radical (unpaired) electrons. The minimum atomic E-state index is -5.08. The van der Waals surface area contributed by atoms with E-state index in [0.29, 0.717) is 17.4 Å². The lowest BCUT2D eigenvalue weighted by Crippen LogP contribution is -2.57. The number of hydrogen-bond donors (Lipinski definition) is 7. The van der Waals surface area contributed by atoms with Crippen molar-refractivity contribution in [2.45, 2.75) is 54.4 Å². The first-order valence-corrected chi connectivity index (χ1v) is 13.2. The normalized spacial score (nSPS) is 30.2. The molecule has 0 spiro atoms. The number of thioether (sulfide) groups is 1. The maximum absolute atomic E-state index is 12.7. The Labute approximate surface area is 220 Å². The number of amides is 1. The van der Waals surface area contributed by atoms with Gasteiger partial charge in [0.2, 0.25) is 0 Å². The summed E-state index contributed by atoms with van der Waals surface area (Å²) < 4.78 is 45.6. The van der Waals surface area contributed by atoms with Gasteiger partial charge in [0.1, 0.15) is 41.0 Å². The second kappa shape index (κ2) is 12.1. The van der Waals surface area contributed by atoms with Crippen LogP contribution in [0.3, 0.4) is 0 Å². The van der Waals surface area contributed by atoms with Gasteiger partial charge in [-0.1, -0.05) is 47.8 Å². The minimum absolute atomic E-state index is 0.166. The van der Waals surface area contributed by atoms with Gasteiger partial charge in [-0.05, 0) is 6.07 Å². The van der Waals surface area contributed by atoms with E-state index in [2.05, 4.69) is 21.3 Å². The quantitative estimate of drug-likeness (QED) is 0.0412. The van der Waals surface area contributed by atoms with Crippen LogP contribution in [-0.4, -0.2) is 98.0 Å². The fraction of sp³-hybridized carbons (Fsp3) is 0.476. The van der Waals surface area contributed by atoms with Gasteiger partial charge in [0.25, 0.3) is 5.91 Å². The van der Waals surface area contributed by atoms with Crippen molar-refractivity contribution in [1.29, 1.82) is 0 Å². The summed E-state index contributed by atoms with van der Waals surface area (Å²) in [6.45, 7) is 2.77. The fourth-order valence-electron chi connectivity index (χ4n) is 3.74. The molecule has 1 saturated heterocycles. The minimum Gasteiger partial charge on any atom is -0.458 e. The molecule has 7 atom stereocenters. The number of anilines is 1. The number of nitrogens with zero attached hydrogens (tertiary/aromatic N) is 1. The van der Waals surface area contributed by atoms with E-state index in [4.69, 9.17) is 14.0 Å². The molecule has 7 N–H and O–H groups in total. The number of ether oxygens (including phenoxy) is 2. The highest BCUT2D eigenvalue weighted by atomic mass is 32.3. The van der Waals surface area contributed by atoms with Gasteiger partial charge in [-0.3, -0.25) is 14.1 Å². The van der Waals surface area contributed by atoms with Crippen molar-refractivity contribution in [3.05, 3.63) is 42.5 Å². The van der Waals surface area contributed by atoms with E-state index < -0.39 is 83.3 Å². The zero-order valence-corrected chi connectivity index (χ0v) is 21.1. The van der Waals surface area contributed by atoms with Crippen LogP contribution in [0.4, 0.5) is 5.69 Å². The second-order valence-electron chi connectivity index (χ2n) is 8.31. The molecular formula is C21H26N2O13S2. The molecule has 0 saturated carbocycles. The van der Waals surface area contributed by atoms with Crippen molar-refractivity contribution >= 4 is 44.8 Å². The maximum Gasteiger partial charge on any atom is 0.466 e. The predicted octanol–water partition coefficient (Wildman–Crippen LogP) is -1.63.